The van der Waals surface area contributed by atoms with Gasteiger partial charge >= 0.3 is 5.97 Å². The van der Waals surface area contributed by atoms with Crippen LogP contribution in [0.3, 0.4) is 0 Å². The molecule has 0 saturated carbocycles. The van der Waals surface area contributed by atoms with Crippen molar-refractivity contribution < 1.29 is 23.8 Å². The Labute approximate surface area is 135 Å². The van der Waals surface area contributed by atoms with E-state index in [0.717, 1.165) is 5.56 Å². The van der Waals surface area contributed by atoms with Crippen molar-refractivity contribution in [2.75, 3.05) is 19.8 Å². The summed E-state index contributed by atoms with van der Waals surface area (Å²) < 4.78 is 16.3. The van der Waals surface area contributed by atoms with Crippen LogP contribution in [0.4, 0.5) is 0 Å². The SMILES string of the molecule is CCOC(=O)[C@H]1[C@@H](C2(C)OCCO2)C(=O)N1Cc1ccccc1. The summed E-state index contributed by atoms with van der Waals surface area (Å²) >= 11 is 0. The van der Waals surface area contributed by atoms with Crippen LogP contribution in [0, 0.1) is 5.92 Å². The number of β-lactam (4-membered cyclic amide) rings is 1. The summed E-state index contributed by atoms with van der Waals surface area (Å²) in [6.07, 6.45) is 0. The molecule has 0 spiro atoms. The zero-order valence-electron chi connectivity index (χ0n) is 13.4. The molecule has 2 fully saturated rings. The lowest BCUT2D eigenvalue weighted by atomic mass is 9.80. The number of nitrogens with zero attached hydrogens (tertiary/aromatic N) is 1. The molecule has 1 amide bonds. The number of esters is 1. The summed E-state index contributed by atoms with van der Waals surface area (Å²) in [5.74, 6) is -2.26. The predicted molar refractivity (Wildman–Crippen MR) is 81.2 cm³/mol. The molecule has 0 N–H and O–H groups in total. The summed E-state index contributed by atoms with van der Waals surface area (Å²) in [5.41, 5.74) is 0.965. The lowest BCUT2D eigenvalue weighted by Crippen LogP contribution is -2.70. The molecular weight excluding hydrogens is 298 g/mol. The summed E-state index contributed by atoms with van der Waals surface area (Å²) in [6.45, 7) is 4.96. The Bertz CT molecular complexity index is 582. The Balaban J connectivity index is 1.82. The highest BCUT2D eigenvalue weighted by molar-refractivity contribution is 5.98. The van der Waals surface area contributed by atoms with E-state index in [-0.39, 0.29) is 12.5 Å². The fraction of sp³-hybridized carbons (Fsp3) is 0.529. The number of carbonyl (C=O) groups excluding carboxylic acids is 2. The molecule has 0 bridgehead atoms. The average molecular weight is 319 g/mol. The number of ether oxygens (including phenoxy) is 3. The van der Waals surface area contributed by atoms with Crippen molar-refractivity contribution in [3.8, 4) is 0 Å². The molecule has 23 heavy (non-hydrogen) atoms. The quantitative estimate of drug-likeness (QED) is 0.605. The molecule has 0 unspecified atom stereocenters. The second kappa shape index (κ2) is 6.29. The average Bonchev–Trinajstić information content (AvgIpc) is 2.98. The van der Waals surface area contributed by atoms with Gasteiger partial charge in [0.1, 0.15) is 12.0 Å². The van der Waals surface area contributed by atoms with Gasteiger partial charge in [-0.3, -0.25) is 4.79 Å². The molecule has 2 heterocycles. The van der Waals surface area contributed by atoms with Gasteiger partial charge in [0.05, 0.1) is 19.8 Å². The molecule has 6 heteroatoms. The van der Waals surface area contributed by atoms with E-state index >= 15 is 0 Å². The number of hydrogen-bond donors (Lipinski definition) is 0. The van der Waals surface area contributed by atoms with Gasteiger partial charge in [-0.2, -0.15) is 0 Å². The minimum Gasteiger partial charge on any atom is -0.464 e. The molecule has 2 saturated heterocycles. The smallest absolute Gasteiger partial charge is 0.329 e. The molecule has 2 aliphatic heterocycles. The van der Waals surface area contributed by atoms with E-state index in [1.54, 1.807) is 13.8 Å². The van der Waals surface area contributed by atoms with E-state index in [1.165, 1.54) is 4.90 Å². The molecule has 124 valence electrons. The Morgan fingerprint density at radius 2 is 1.96 bits per heavy atom. The minimum absolute atomic E-state index is 0.142. The molecule has 0 aromatic heterocycles. The second-order valence-corrected chi connectivity index (χ2v) is 5.84. The molecule has 1 aromatic carbocycles. The van der Waals surface area contributed by atoms with Gasteiger partial charge in [-0.1, -0.05) is 30.3 Å². The van der Waals surface area contributed by atoms with Crippen LogP contribution in [0.5, 0.6) is 0 Å². The van der Waals surface area contributed by atoms with Crippen LogP contribution >= 0.6 is 0 Å². The highest BCUT2D eigenvalue weighted by Crippen LogP contribution is 2.41. The predicted octanol–water partition coefficient (Wildman–Crippen LogP) is 1.34. The second-order valence-electron chi connectivity index (χ2n) is 5.84. The molecule has 0 aliphatic carbocycles. The number of carbonyl (C=O) groups is 2. The first-order valence-electron chi connectivity index (χ1n) is 7.86. The standard InChI is InChI=1S/C17H21NO5/c1-3-21-16(20)14-13(17(2)22-9-10-23-17)15(19)18(14)11-12-7-5-4-6-8-12/h4-8,13-14H,3,9-11H2,1-2H3/t13-,14-/m1/s1. The van der Waals surface area contributed by atoms with Crippen LogP contribution in [0.2, 0.25) is 0 Å². The summed E-state index contributed by atoms with van der Waals surface area (Å²) in [5, 5.41) is 0. The first-order chi connectivity index (χ1) is 11.1. The van der Waals surface area contributed by atoms with Crippen molar-refractivity contribution >= 4 is 11.9 Å². The normalized spacial score (nSPS) is 26.0. The largest absolute Gasteiger partial charge is 0.464 e. The number of hydrogen-bond acceptors (Lipinski definition) is 5. The minimum atomic E-state index is -1.05. The van der Waals surface area contributed by atoms with Crippen LogP contribution in [0.15, 0.2) is 30.3 Å². The number of benzene rings is 1. The maximum absolute atomic E-state index is 12.6. The Hall–Kier alpha value is -1.92. The van der Waals surface area contributed by atoms with Crippen LogP contribution in [-0.4, -0.2) is 48.4 Å². The van der Waals surface area contributed by atoms with Crippen LogP contribution in [-0.2, 0) is 30.3 Å². The van der Waals surface area contributed by atoms with E-state index in [1.807, 2.05) is 30.3 Å². The van der Waals surface area contributed by atoms with Gasteiger partial charge in [-0.25, -0.2) is 4.79 Å². The van der Waals surface area contributed by atoms with Crippen LogP contribution in [0.25, 0.3) is 0 Å². The lowest BCUT2D eigenvalue weighted by molar-refractivity contribution is -0.233. The molecule has 6 nitrogen and oxygen atoms in total. The highest BCUT2D eigenvalue weighted by Gasteiger charge is 2.62. The fourth-order valence-electron chi connectivity index (χ4n) is 3.22. The van der Waals surface area contributed by atoms with Crippen LogP contribution < -0.4 is 0 Å². The van der Waals surface area contributed by atoms with Crippen molar-refractivity contribution in [3.63, 3.8) is 0 Å². The summed E-state index contributed by atoms with van der Waals surface area (Å²) in [6, 6.07) is 8.89. The van der Waals surface area contributed by atoms with E-state index in [2.05, 4.69) is 0 Å². The molecule has 3 rings (SSSR count). The van der Waals surface area contributed by atoms with Gasteiger partial charge in [0.2, 0.25) is 5.91 Å². The molecule has 1 aromatic rings. The van der Waals surface area contributed by atoms with Gasteiger partial charge < -0.3 is 19.1 Å². The third-order valence-corrected chi connectivity index (χ3v) is 4.35. The maximum Gasteiger partial charge on any atom is 0.329 e. The van der Waals surface area contributed by atoms with Gasteiger partial charge in [0.15, 0.2) is 5.79 Å². The molecular formula is C17H21NO5. The van der Waals surface area contributed by atoms with E-state index in [4.69, 9.17) is 14.2 Å². The Morgan fingerprint density at radius 3 is 2.57 bits per heavy atom. The monoisotopic (exact) mass is 319 g/mol. The molecule has 2 atom stereocenters. The number of likely N-dealkylation sites (tertiary alicyclic amines) is 1. The number of amides is 1. The zero-order chi connectivity index (χ0) is 16.4. The lowest BCUT2D eigenvalue weighted by Gasteiger charge is -2.50. The van der Waals surface area contributed by atoms with Gasteiger partial charge in [-0.15, -0.1) is 0 Å². The topological polar surface area (TPSA) is 65.1 Å². The maximum atomic E-state index is 12.6. The molecule has 0 radical (unpaired) electrons. The Kier molecular flexibility index (Phi) is 4.37. The van der Waals surface area contributed by atoms with Crippen molar-refractivity contribution in [1.82, 2.24) is 4.90 Å². The number of rotatable bonds is 5. The van der Waals surface area contributed by atoms with Crippen LogP contribution in [0.1, 0.15) is 19.4 Å². The molecule has 2 aliphatic rings. The Morgan fingerprint density at radius 1 is 1.30 bits per heavy atom. The summed E-state index contributed by atoms with van der Waals surface area (Å²) in [7, 11) is 0. The van der Waals surface area contributed by atoms with Crippen molar-refractivity contribution in [1.29, 1.82) is 0 Å². The van der Waals surface area contributed by atoms with E-state index < -0.39 is 23.7 Å². The third-order valence-electron chi connectivity index (χ3n) is 4.35. The van der Waals surface area contributed by atoms with Crippen molar-refractivity contribution in [3.05, 3.63) is 35.9 Å². The van der Waals surface area contributed by atoms with E-state index in [9.17, 15) is 9.59 Å². The van der Waals surface area contributed by atoms with Gasteiger partial charge in [0, 0.05) is 6.54 Å². The van der Waals surface area contributed by atoms with Crippen molar-refractivity contribution in [2.45, 2.75) is 32.2 Å². The zero-order valence-corrected chi connectivity index (χ0v) is 13.4. The highest BCUT2D eigenvalue weighted by atomic mass is 16.7. The third kappa shape index (κ3) is 2.84. The van der Waals surface area contributed by atoms with Gasteiger partial charge in [0.25, 0.3) is 0 Å². The summed E-state index contributed by atoms with van der Waals surface area (Å²) in [4.78, 5) is 26.5. The first-order valence-corrected chi connectivity index (χ1v) is 7.86. The first kappa shape index (κ1) is 16.0. The van der Waals surface area contributed by atoms with Crippen molar-refractivity contribution in [2.24, 2.45) is 5.92 Å². The van der Waals surface area contributed by atoms with Gasteiger partial charge in [-0.05, 0) is 19.4 Å². The fourth-order valence-corrected chi connectivity index (χ4v) is 3.22. The van der Waals surface area contributed by atoms with E-state index in [0.29, 0.717) is 19.8 Å².